The van der Waals surface area contributed by atoms with Gasteiger partial charge in [-0.2, -0.15) is 0 Å². The van der Waals surface area contributed by atoms with Gasteiger partial charge in [0.1, 0.15) is 5.69 Å². The molecule has 1 rings (SSSR count). The maximum Gasteiger partial charge on any atom is 0.335 e. The van der Waals surface area contributed by atoms with Gasteiger partial charge in [-0.05, 0) is 6.07 Å². The number of aromatic amines is 1. The van der Waals surface area contributed by atoms with E-state index >= 15 is 0 Å². The second-order valence-electron chi connectivity index (χ2n) is 3.36. The maximum absolute atomic E-state index is 10.5. The molecule has 1 heterocycles. The van der Waals surface area contributed by atoms with Gasteiger partial charge in [0, 0.05) is 6.07 Å². The van der Waals surface area contributed by atoms with Crippen molar-refractivity contribution in [3.05, 3.63) is 34.2 Å². The van der Waals surface area contributed by atoms with Crippen molar-refractivity contribution in [1.29, 1.82) is 0 Å². The molecule has 1 aromatic rings. The molecule has 0 unspecified atom stereocenters. The summed E-state index contributed by atoms with van der Waals surface area (Å²) >= 11 is 0. The number of primary amides is 1. The molecule has 10 nitrogen and oxygen atoms in total. The topological polar surface area (TPSA) is 191 Å². The summed E-state index contributed by atoms with van der Waals surface area (Å²) in [5.74, 6) is -4.16. The number of carboxylic acid groups (broad SMARTS) is 2. The van der Waals surface area contributed by atoms with E-state index in [2.05, 4.69) is 4.98 Å². The van der Waals surface area contributed by atoms with E-state index in [1.807, 2.05) is 0 Å². The second-order valence-corrected chi connectivity index (χ2v) is 3.36. The molecule has 1 amide bonds. The Bertz CT molecular complexity index is 534. The summed E-state index contributed by atoms with van der Waals surface area (Å²) in [5, 5.41) is 32.5. The Morgan fingerprint density at radius 3 is 1.75 bits per heavy atom. The first kappa shape index (κ1) is 17.3. The van der Waals surface area contributed by atoms with Gasteiger partial charge in [0.15, 0.2) is 12.2 Å². The smallest absolute Gasteiger partial charge is 0.335 e. The number of amides is 1. The molecule has 20 heavy (non-hydrogen) atoms. The lowest BCUT2D eigenvalue weighted by molar-refractivity contribution is -0.165. The highest BCUT2D eigenvalue weighted by Crippen LogP contribution is 1.92. The van der Waals surface area contributed by atoms with Crippen molar-refractivity contribution in [3.63, 3.8) is 0 Å². The summed E-state index contributed by atoms with van der Waals surface area (Å²) in [6.07, 6.45) is -4.53. The molecule has 0 bridgehead atoms. The van der Waals surface area contributed by atoms with Crippen LogP contribution >= 0.6 is 0 Å². The van der Waals surface area contributed by atoms with Gasteiger partial charge < -0.3 is 31.1 Å². The molecule has 2 atom stereocenters. The van der Waals surface area contributed by atoms with Crippen molar-refractivity contribution in [2.45, 2.75) is 12.2 Å². The lowest BCUT2D eigenvalue weighted by Crippen LogP contribution is -2.39. The Hall–Kier alpha value is -2.72. The number of aliphatic hydroxyl groups is 2. The van der Waals surface area contributed by atoms with Crippen LogP contribution in [0.25, 0.3) is 0 Å². The number of pyridine rings is 1. The quantitative estimate of drug-likeness (QED) is 0.346. The molecular weight excluding hydrogens is 276 g/mol. The van der Waals surface area contributed by atoms with Gasteiger partial charge in [-0.25, -0.2) is 9.59 Å². The van der Waals surface area contributed by atoms with Crippen molar-refractivity contribution < 1.29 is 34.8 Å². The van der Waals surface area contributed by atoms with E-state index in [-0.39, 0.29) is 11.3 Å². The molecule has 0 saturated heterocycles. The van der Waals surface area contributed by atoms with Crippen LogP contribution in [0, 0.1) is 0 Å². The van der Waals surface area contributed by atoms with E-state index in [0.29, 0.717) is 0 Å². The van der Waals surface area contributed by atoms with E-state index in [0.717, 1.165) is 0 Å². The molecule has 0 fully saturated rings. The lowest BCUT2D eigenvalue weighted by atomic mass is 10.2. The van der Waals surface area contributed by atoms with Crippen LogP contribution in [0.3, 0.4) is 0 Å². The lowest BCUT2D eigenvalue weighted by Gasteiger charge is -2.07. The predicted octanol–water partition coefficient (Wildman–Crippen LogP) is -2.65. The molecular formula is C10H12N2O8. The Kier molecular flexibility index (Phi) is 6.62. The Labute approximate surface area is 111 Å². The average Bonchev–Trinajstić information content (AvgIpc) is 2.37. The van der Waals surface area contributed by atoms with Gasteiger partial charge in [0.25, 0.3) is 5.91 Å². The van der Waals surface area contributed by atoms with Crippen molar-refractivity contribution in [2.24, 2.45) is 5.73 Å². The third kappa shape index (κ3) is 5.75. The molecule has 0 spiro atoms. The zero-order valence-electron chi connectivity index (χ0n) is 9.89. The SMILES string of the molecule is NC(=O)c1cccc(=O)[nH]1.O=C(O)[C@H](O)[C@@H](O)C(=O)O. The van der Waals surface area contributed by atoms with E-state index in [1.165, 1.54) is 18.2 Å². The largest absolute Gasteiger partial charge is 0.479 e. The highest BCUT2D eigenvalue weighted by molar-refractivity contribution is 5.90. The van der Waals surface area contributed by atoms with Crippen LogP contribution in [0.2, 0.25) is 0 Å². The van der Waals surface area contributed by atoms with E-state index in [1.54, 1.807) is 0 Å². The maximum atomic E-state index is 10.5. The first-order chi connectivity index (χ1) is 9.16. The number of aliphatic hydroxyl groups excluding tert-OH is 2. The van der Waals surface area contributed by atoms with E-state index in [9.17, 15) is 19.2 Å². The highest BCUT2D eigenvalue weighted by Gasteiger charge is 2.29. The molecule has 7 N–H and O–H groups in total. The molecule has 0 aliphatic heterocycles. The summed E-state index contributed by atoms with van der Waals surface area (Å²) < 4.78 is 0. The fourth-order valence-electron chi connectivity index (χ4n) is 0.862. The first-order valence-corrected chi connectivity index (χ1v) is 4.97. The Morgan fingerprint density at radius 2 is 1.50 bits per heavy atom. The normalized spacial score (nSPS) is 12.5. The van der Waals surface area contributed by atoms with Crippen molar-refractivity contribution in [3.8, 4) is 0 Å². The van der Waals surface area contributed by atoms with Crippen molar-refractivity contribution >= 4 is 17.8 Å². The summed E-state index contributed by atoms with van der Waals surface area (Å²) in [7, 11) is 0. The van der Waals surface area contributed by atoms with E-state index in [4.69, 9.17) is 26.2 Å². The number of carbonyl (C=O) groups is 3. The Morgan fingerprint density at radius 1 is 1.05 bits per heavy atom. The van der Waals surface area contributed by atoms with Gasteiger partial charge >= 0.3 is 11.9 Å². The molecule has 110 valence electrons. The minimum Gasteiger partial charge on any atom is -0.479 e. The number of carboxylic acids is 2. The molecule has 0 aromatic carbocycles. The minimum absolute atomic E-state index is 0.132. The van der Waals surface area contributed by atoms with Crippen LogP contribution in [0.5, 0.6) is 0 Å². The first-order valence-electron chi connectivity index (χ1n) is 4.97. The number of nitrogens with two attached hydrogens (primary N) is 1. The van der Waals surface area contributed by atoms with Crippen LogP contribution in [0.1, 0.15) is 10.5 Å². The fraction of sp³-hybridized carbons (Fsp3) is 0.200. The standard InChI is InChI=1S/C6H6N2O2.C4H6O6/c7-6(10)4-2-1-3-5(9)8-4;5-1(3(7)8)2(6)4(9)10/h1-3H,(H2,7,10)(H,8,9);1-2,5-6H,(H,7,8)(H,9,10)/t;1-,2-/m.1/s1. The monoisotopic (exact) mass is 288 g/mol. The number of aliphatic carboxylic acids is 2. The molecule has 0 aliphatic carbocycles. The number of carbonyl (C=O) groups excluding carboxylic acids is 1. The van der Waals surface area contributed by atoms with Crippen LogP contribution in [0.15, 0.2) is 23.0 Å². The molecule has 0 radical (unpaired) electrons. The number of hydrogen-bond donors (Lipinski definition) is 6. The fourth-order valence-corrected chi connectivity index (χ4v) is 0.862. The molecule has 0 aliphatic rings. The summed E-state index contributed by atoms with van der Waals surface area (Å²) in [4.78, 5) is 42.8. The van der Waals surface area contributed by atoms with Gasteiger partial charge in [-0.1, -0.05) is 6.07 Å². The van der Waals surface area contributed by atoms with Gasteiger partial charge in [0.05, 0.1) is 0 Å². The van der Waals surface area contributed by atoms with Crippen molar-refractivity contribution in [2.75, 3.05) is 0 Å². The highest BCUT2D eigenvalue weighted by atomic mass is 16.4. The van der Waals surface area contributed by atoms with Gasteiger partial charge in [-0.15, -0.1) is 0 Å². The van der Waals surface area contributed by atoms with Crippen LogP contribution in [0.4, 0.5) is 0 Å². The Balaban J connectivity index is 0.000000361. The molecule has 10 heteroatoms. The third-order valence-electron chi connectivity index (χ3n) is 1.84. The summed E-state index contributed by atoms with van der Waals surface area (Å²) in [6.45, 7) is 0. The second kappa shape index (κ2) is 7.66. The number of hydrogen-bond acceptors (Lipinski definition) is 6. The molecule has 1 aromatic heterocycles. The average molecular weight is 288 g/mol. The van der Waals surface area contributed by atoms with Gasteiger partial charge in [0.2, 0.25) is 5.56 Å². The molecule has 0 saturated carbocycles. The van der Waals surface area contributed by atoms with Gasteiger partial charge in [-0.3, -0.25) is 9.59 Å². The number of nitrogens with one attached hydrogen (secondary N) is 1. The zero-order valence-corrected chi connectivity index (χ0v) is 9.89. The number of H-pyrrole nitrogens is 1. The van der Waals surface area contributed by atoms with Crippen LogP contribution in [-0.4, -0.2) is 55.5 Å². The van der Waals surface area contributed by atoms with Crippen LogP contribution in [-0.2, 0) is 9.59 Å². The predicted molar refractivity (Wildman–Crippen MR) is 62.9 cm³/mol. The van der Waals surface area contributed by atoms with Crippen LogP contribution < -0.4 is 11.3 Å². The summed E-state index contributed by atoms with van der Waals surface area (Å²) in [5.41, 5.74) is 4.68. The minimum atomic E-state index is -2.27. The van der Waals surface area contributed by atoms with Crippen molar-refractivity contribution in [1.82, 2.24) is 4.98 Å². The number of rotatable bonds is 4. The third-order valence-corrected chi connectivity index (χ3v) is 1.84. The summed E-state index contributed by atoms with van der Waals surface area (Å²) in [6, 6.07) is 4.23. The number of aromatic nitrogens is 1. The van der Waals surface area contributed by atoms with E-state index < -0.39 is 30.1 Å². The zero-order chi connectivity index (χ0) is 15.9.